The van der Waals surface area contributed by atoms with Gasteiger partial charge in [-0.25, -0.2) is 4.98 Å². The van der Waals surface area contributed by atoms with E-state index in [0.717, 1.165) is 19.1 Å². The Labute approximate surface area is 116 Å². The van der Waals surface area contributed by atoms with E-state index in [1.54, 1.807) is 0 Å². The van der Waals surface area contributed by atoms with E-state index >= 15 is 0 Å². The van der Waals surface area contributed by atoms with Crippen LogP contribution in [0.1, 0.15) is 44.2 Å². The number of likely N-dealkylation sites (N-methyl/N-ethyl adjacent to an activating group) is 1. The van der Waals surface area contributed by atoms with Crippen LogP contribution in [-0.4, -0.2) is 40.1 Å². The Hall–Kier alpha value is -0.870. The molecule has 1 aromatic heterocycles. The van der Waals surface area contributed by atoms with Gasteiger partial charge in [-0.1, -0.05) is 12.8 Å². The molecule has 19 heavy (non-hydrogen) atoms. The molecule has 0 radical (unpaired) electrons. The zero-order valence-corrected chi connectivity index (χ0v) is 12.2. The van der Waals surface area contributed by atoms with Gasteiger partial charge in [0.15, 0.2) is 0 Å². The first-order valence-electron chi connectivity index (χ1n) is 7.59. The Kier molecular flexibility index (Phi) is 3.63. The Bertz CT molecular complexity index is 414. The number of imidazole rings is 1. The second-order valence-electron chi connectivity index (χ2n) is 6.49. The summed E-state index contributed by atoms with van der Waals surface area (Å²) in [6.07, 6.45) is 12.1. The van der Waals surface area contributed by atoms with Crippen molar-refractivity contribution >= 4 is 0 Å². The van der Waals surface area contributed by atoms with Gasteiger partial charge in [0, 0.05) is 30.9 Å². The van der Waals surface area contributed by atoms with Gasteiger partial charge >= 0.3 is 0 Å². The van der Waals surface area contributed by atoms with Gasteiger partial charge in [0.25, 0.3) is 0 Å². The summed E-state index contributed by atoms with van der Waals surface area (Å²) in [6.45, 7) is 2.05. The first kappa shape index (κ1) is 13.1. The Balaban J connectivity index is 1.69. The molecule has 1 heterocycles. The molecule has 0 aliphatic heterocycles. The second-order valence-corrected chi connectivity index (χ2v) is 6.49. The first-order chi connectivity index (χ1) is 9.20. The summed E-state index contributed by atoms with van der Waals surface area (Å²) in [5.74, 6) is 0. The van der Waals surface area contributed by atoms with E-state index in [4.69, 9.17) is 0 Å². The number of hydrogen-bond donors (Lipinski definition) is 1. The van der Waals surface area contributed by atoms with Crippen LogP contribution in [-0.2, 0) is 13.1 Å². The predicted octanol–water partition coefficient (Wildman–Crippen LogP) is 2.01. The fourth-order valence-corrected chi connectivity index (χ4v) is 3.27. The largest absolute Gasteiger partial charge is 0.332 e. The van der Waals surface area contributed by atoms with Crippen LogP contribution in [0.25, 0.3) is 0 Å². The monoisotopic (exact) mass is 262 g/mol. The third-order valence-electron chi connectivity index (χ3n) is 4.90. The highest BCUT2D eigenvalue weighted by atomic mass is 15.2. The molecule has 0 spiro atoms. The first-order valence-corrected chi connectivity index (χ1v) is 7.59. The molecule has 106 valence electrons. The molecule has 0 atom stereocenters. The molecule has 2 aliphatic rings. The minimum Gasteiger partial charge on any atom is -0.332 e. The molecular formula is C15H26N4. The average molecular weight is 262 g/mol. The molecule has 4 heteroatoms. The maximum absolute atomic E-state index is 4.36. The lowest BCUT2D eigenvalue weighted by molar-refractivity contribution is 0.132. The minimum atomic E-state index is 0.342. The van der Waals surface area contributed by atoms with E-state index in [2.05, 4.69) is 33.9 Å². The lowest BCUT2D eigenvalue weighted by Gasteiger charge is -2.37. The Morgan fingerprint density at radius 2 is 2.11 bits per heavy atom. The summed E-state index contributed by atoms with van der Waals surface area (Å²) >= 11 is 0. The van der Waals surface area contributed by atoms with Gasteiger partial charge in [0.1, 0.15) is 0 Å². The number of nitrogens with one attached hydrogen (secondary N) is 1. The second kappa shape index (κ2) is 5.25. The highest BCUT2D eigenvalue weighted by molar-refractivity contribution is 5.03. The highest BCUT2D eigenvalue weighted by Crippen LogP contribution is 2.35. The summed E-state index contributed by atoms with van der Waals surface area (Å²) in [4.78, 5) is 6.79. The molecule has 0 saturated heterocycles. The molecule has 2 fully saturated rings. The topological polar surface area (TPSA) is 33.1 Å². The summed E-state index contributed by atoms with van der Waals surface area (Å²) in [5.41, 5.74) is 1.68. The molecule has 1 N–H and O–H groups in total. The van der Waals surface area contributed by atoms with Crippen LogP contribution >= 0.6 is 0 Å². The Morgan fingerprint density at radius 3 is 2.74 bits per heavy atom. The fourth-order valence-electron chi connectivity index (χ4n) is 3.27. The molecule has 2 saturated carbocycles. The van der Waals surface area contributed by atoms with Gasteiger partial charge < -0.3 is 14.8 Å². The van der Waals surface area contributed by atoms with Gasteiger partial charge in [0.2, 0.25) is 0 Å². The van der Waals surface area contributed by atoms with Crippen LogP contribution in [0.15, 0.2) is 12.5 Å². The van der Waals surface area contributed by atoms with Crippen molar-refractivity contribution in [2.45, 2.75) is 63.2 Å². The fraction of sp³-hybridized carbons (Fsp3) is 0.800. The van der Waals surface area contributed by atoms with Gasteiger partial charge in [-0.2, -0.15) is 0 Å². The van der Waals surface area contributed by atoms with Crippen LogP contribution < -0.4 is 5.32 Å². The van der Waals surface area contributed by atoms with Crippen LogP contribution in [0.5, 0.6) is 0 Å². The van der Waals surface area contributed by atoms with Crippen molar-refractivity contribution in [2.24, 2.45) is 0 Å². The number of hydrogen-bond acceptors (Lipinski definition) is 3. The summed E-state index contributed by atoms with van der Waals surface area (Å²) in [7, 11) is 4.45. The standard InChI is InChI=1S/C15H26N4/c1-18(2)15(7-3-4-8-15)11-19-12-16-9-14(19)10-17-13-5-6-13/h9,12-13,17H,3-8,10-11H2,1-2H3. The molecule has 0 unspecified atom stereocenters. The molecule has 0 amide bonds. The SMILES string of the molecule is CN(C)C1(Cn2cncc2CNC2CC2)CCCC1. The zero-order chi connectivity index (χ0) is 13.3. The van der Waals surface area contributed by atoms with Crippen molar-refractivity contribution in [1.82, 2.24) is 19.8 Å². The minimum absolute atomic E-state index is 0.342. The van der Waals surface area contributed by atoms with E-state index in [1.165, 1.54) is 44.2 Å². The quantitative estimate of drug-likeness (QED) is 0.851. The summed E-state index contributed by atoms with van der Waals surface area (Å²) < 4.78 is 2.36. The molecule has 0 bridgehead atoms. The van der Waals surface area contributed by atoms with Crippen molar-refractivity contribution < 1.29 is 0 Å². The lowest BCUT2D eigenvalue weighted by atomic mass is 9.96. The zero-order valence-electron chi connectivity index (χ0n) is 12.2. The van der Waals surface area contributed by atoms with E-state index in [1.807, 2.05) is 12.5 Å². The number of rotatable bonds is 6. The van der Waals surface area contributed by atoms with E-state index in [9.17, 15) is 0 Å². The van der Waals surface area contributed by atoms with E-state index in [0.29, 0.717) is 5.54 Å². The Morgan fingerprint density at radius 1 is 1.37 bits per heavy atom. The van der Waals surface area contributed by atoms with Crippen LogP contribution in [0.2, 0.25) is 0 Å². The average Bonchev–Trinajstić information content (AvgIpc) is 2.92. The van der Waals surface area contributed by atoms with Crippen LogP contribution in [0.3, 0.4) is 0 Å². The van der Waals surface area contributed by atoms with Gasteiger partial charge in [-0.15, -0.1) is 0 Å². The van der Waals surface area contributed by atoms with Crippen molar-refractivity contribution in [3.63, 3.8) is 0 Å². The summed E-state index contributed by atoms with van der Waals surface area (Å²) in [6, 6.07) is 0.762. The van der Waals surface area contributed by atoms with Crippen LogP contribution in [0, 0.1) is 0 Å². The van der Waals surface area contributed by atoms with E-state index in [-0.39, 0.29) is 0 Å². The maximum atomic E-state index is 4.36. The van der Waals surface area contributed by atoms with Gasteiger partial charge in [-0.05, 0) is 39.8 Å². The molecule has 0 aromatic carbocycles. The van der Waals surface area contributed by atoms with Crippen molar-refractivity contribution in [3.8, 4) is 0 Å². The smallest absolute Gasteiger partial charge is 0.0949 e. The number of aromatic nitrogens is 2. The van der Waals surface area contributed by atoms with Gasteiger partial charge in [0.05, 0.1) is 12.0 Å². The molecule has 2 aliphatic carbocycles. The normalized spacial score (nSPS) is 22.3. The predicted molar refractivity (Wildman–Crippen MR) is 77.0 cm³/mol. The number of nitrogens with zero attached hydrogens (tertiary/aromatic N) is 3. The molecule has 3 rings (SSSR count). The lowest BCUT2D eigenvalue weighted by Crippen LogP contribution is -2.45. The molecule has 1 aromatic rings. The third kappa shape index (κ3) is 2.84. The molecular weight excluding hydrogens is 236 g/mol. The van der Waals surface area contributed by atoms with Gasteiger partial charge in [-0.3, -0.25) is 0 Å². The van der Waals surface area contributed by atoms with Crippen molar-refractivity contribution in [1.29, 1.82) is 0 Å². The molecule has 4 nitrogen and oxygen atoms in total. The van der Waals surface area contributed by atoms with Crippen molar-refractivity contribution in [3.05, 3.63) is 18.2 Å². The maximum Gasteiger partial charge on any atom is 0.0949 e. The van der Waals surface area contributed by atoms with Crippen molar-refractivity contribution in [2.75, 3.05) is 14.1 Å². The third-order valence-corrected chi connectivity index (χ3v) is 4.90. The highest BCUT2D eigenvalue weighted by Gasteiger charge is 2.36. The summed E-state index contributed by atoms with van der Waals surface area (Å²) in [5, 5.41) is 3.59. The van der Waals surface area contributed by atoms with E-state index < -0.39 is 0 Å². The van der Waals surface area contributed by atoms with Crippen LogP contribution in [0.4, 0.5) is 0 Å².